The number of nitrogens with zero attached hydrogens (tertiary/aromatic N) is 2. The first-order valence-corrected chi connectivity index (χ1v) is 6.42. The maximum atomic E-state index is 5.94. The highest BCUT2D eigenvalue weighted by molar-refractivity contribution is 6.42. The summed E-state index contributed by atoms with van der Waals surface area (Å²) < 4.78 is 5.14. The Labute approximate surface area is 115 Å². The van der Waals surface area contributed by atoms with Gasteiger partial charge in [-0.2, -0.15) is 4.98 Å². The lowest BCUT2D eigenvalue weighted by atomic mass is 10.2. The van der Waals surface area contributed by atoms with E-state index < -0.39 is 0 Å². The molecule has 1 aromatic carbocycles. The van der Waals surface area contributed by atoms with Gasteiger partial charge in [0, 0.05) is 5.56 Å². The van der Waals surface area contributed by atoms with E-state index in [9.17, 15) is 0 Å². The van der Waals surface area contributed by atoms with Crippen molar-refractivity contribution in [1.82, 2.24) is 10.1 Å². The second kappa shape index (κ2) is 5.69. The highest BCUT2D eigenvalue weighted by Crippen LogP contribution is 2.27. The van der Waals surface area contributed by atoms with E-state index in [1.54, 1.807) is 18.2 Å². The molecule has 1 atom stereocenters. The first-order valence-electron chi connectivity index (χ1n) is 5.66. The van der Waals surface area contributed by atoms with Crippen LogP contribution in [0.15, 0.2) is 22.7 Å². The van der Waals surface area contributed by atoms with E-state index in [-0.39, 0.29) is 6.04 Å². The lowest BCUT2D eigenvalue weighted by Gasteiger charge is -2.02. The third kappa shape index (κ3) is 2.83. The van der Waals surface area contributed by atoms with E-state index in [0.29, 0.717) is 21.8 Å². The zero-order chi connectivity index (χ0) is 13.1. The molecule has 2 N–H and O–H groups in total. The van der Waals surface area contributed by atoms with Gasteiger partial charge in [-0.1, -0.05) is 41.7 Å². The summed E-state index contributed by atoms with van der Waals surface area (Å²) in [5, 5.41) is 4.84. The van der Waals surface area contributed by atoms with Gasteiger partial charge in [0.05, 0.1) is 16.1 Å². The largest absolute Gasteiger partial charge is 0.337 e. The molecule has 4 nitrogen and oxygen atoms in total. The maximum Gasteiger partial charge on any atom is 0.243 e. The average molecular weight is 286 g/mol. The minimum Gasteiger partial charge on any atom is -0.337 e. The van der Waals surface area contributed by atoms with Gasteiger partial charge in [0.15, 0.2) is 0 Å². The molecule has 0 saturated heterocycles. The lowest BCUT2D eigenvalue weighted by molar-refractivity contribution is 0.348. The van der Waals surface area contributed by atoms with E-state index in [0.717, 1.165) is 18.4 Å². The molecule has 1 heterocycles. The van der Waals surface area contributed by atoms with Crippen molar-refractivity contribution < 1.29 is 4.52 Å². The van der Waals surface area contributed by atoms with Crippen molar-refractivity contribution >= 4 is 23.2 Å². The van der Waals surface area contributed by atoms with Crippen molar-refractivity contribution in [3.8, 4) is 11.4 Å². The van der Waals surface area contributed by atoms with Crippen molar-refractivity contribution in [2.75, 3.05) is 0 Å². The summed E-state index contributed by atoms with van der Waals surface area (Å²) in [5.74, 6) is 0.910. The van der Waals surface area contributed by atoms with E-state index in [4.69, 9.17) is 33.5 Å². The topological polar surface area (TPSA) is 64.9 Å². The second-order valence-corrected chi connectivity index (χ2v) is 4.79. The van der Waals surface area contributed by atoms with Gasteiger partial charge >= 0.3 is 0 Å². The predicted molar refractivity (Wildman–Crippen MR) is 71.6 cm³/mol. The van der Waals surface area contributed by atoms with Crippen LogP contribution in [0.4, 0.5) is 0 Å². The third-order valence-electron chi connectivity index (χ3n) is 2.54. The Hall–Kier alpha value is -1.10. The second-order valence-electron chi connectivity index (χ2n) is 3.98. The van der Waals surface area contributed by atoms with Crippen LogP contribution in [0.25, 0.3) is 11.4 Å². The molecule has 0 saturated carbocycles. The third-order valence-corrected chi connectivity index (χ3v) is 3.28. The van der Waals surface area contributed by atoms with E-state index in [2.05, 4.69) is 17.1 Å². The smallest absolute Gasteiger partial charge is 0.243 e. The SMILES string of the molecule is CCC[C@H](N)c1nc(-c2ccc(Cl)c(Cl)c2)no1. The molecule has 6 heteroatoms. The van der Waals surface area contributed by atoms with Crippen LogP contribution in [0.5, 0.6) is 0 Å². The summed E-state index contributed by atoms with van der Waals surface area (Å²) in [6.07, 6.45) is 1.77. The van der Waals surface area contributed by atoms with Crippen LogP contribution >= 0.6 is 23.2 Å². The Bertz CT molecular complexity index is 542. The minimum atomic E-state index is -0.223. The monoisotopic (exact) mass is 285 g/mol. The maximum absolute atomic E-state index is 5.94. The average Bonchev–Trinajstić information content (AvgIpc) is 2.82. The van der Waals surface area contributed by atoms with Crippen LogP contribution in [0.3, 0.4) is 0 Å². The first-order chi connectivity index (χ1) is 8.61. The van der Waals surface area contributed by atoms with Gasteiger partial charge in [-0.15, -0.1) is 0 Å². The van der Waals surface area contributed by atoms with Crippen molar-refractivity contribution in [3.63, 3.8) is 0 Å². The van der Waals surface area contributed by atoms with Crippen molar-refractivity contribution in [2.24, 2.45) is 5.73 Å². The summed E-state index contributed by atoms with van der Waals surface area (Å²) >= 11 is 11.8. The van der Waals surface area contributed by atoms with Gasteiger partial charge in [0.1, 0.15) is 0 Å². The predicted octanol–water partition coefficient (Wildman–Crippen LogP) is 3.84. The van der Waals surface area contributed by atoms with Crippen LogP contribution < -0.4 is 5.73 Å². The molecule has 0 aliphatic carbocycles. The number of aromatic nitrogens is 2. The number of nitrogens with two attached hydrogens (primary N) is 1. The standard InChI is InChI=1S/C12H13Cl2N3O/c1-2-3-10(15)12-16-11(17-18-12)7-4-5-8(13)9(14)6-7/h4-6,10H,2-3,15H2,1H3/t10-/m0/s1. The highest BCUT2D eigenvalue weighted by Gasteiger charge is 2.15. The van der Waals surface area contributed by atoms with Crippen LogP contribution in [0.2, 0.25) is 10.0 Å². The Morgan fingerprint density at radius 1 is 1.33 bits per heavy atom. The molecule has 0 fully saturated rings. The molecule has 1 aromatic heterocycles. The van der Waals surface area contributed by atoms with Crippen LogP contribution in [0, 0.1) is 0 Å². The molecule has 0 aliphatic rings. The normalized spacial score (nSPS) is 12.7. The molecule has 2 rings (SSSR count). The fourth-order valence-electron chi connectivity index (χ4n) is 1.57. The molecule has 0 amide bonds. The van der Waals surface area contributed by atoms with Gasteiger partial charge in [-0.05, 0) is 24.6 Å². The number of halogens is 2. The summed E-state index contributed by atoms with van der Waals surface area (Å²) in [4.78, 5) is 4.27. The fraction of sp³-hybridized carbons (Fsp3) is 0.333. The fourth-order valence-corrected chi connectivity index (χ4v) is 1.87. The molecule has 96 valence electrons. The van der Waals surface area contributed by atoms with Gasteiger partial charge in [0.25, 0.3) is 0 Å². The van der Waals surface area contributed by atoms with Gasteiger partial charge < -0.3 is 10.3 Å². The van der Waals surface area contributed by atoms with Gasteiger partial charge in [0.2, 0.25) is 11.7 Å². The zero-order valence-electron chi connectivity index (χ0n) is 9.86. The first kappa shape index (κ1) is 13.3. The van der Waals surface area contributed by atoms with Crippen molar-refractivity contribution in [3.05, 3.63) is 34.1 Å². The van der Waals surface area contributed by atoms with Crippen molar-refractivity contribution in [2.45, 2.75) is 25.8 Å². The zero-order valence-corrected chi connectivity index (χ0v) is 11.4. The number of benzene rings is 1. The molecule has 0 radical (unpaired) electrons. The number of hydrogen-bond donors (Lipinski definition) is 1. The molecular formula is C12H13Cl2N3O. The van der Waals surface area contributed by atoms with Crippen LogP contribution in [0.1, 0.15) is 31.7 Å². The Morgan fingerprint density at radius 3 is 2.78 bits per heavy atom. The van der Waals surface area contributed by atoms with Gasteiger partial charge in [-0.3, -0.25) is 0 Å². The molecule has 18 heavy (non-hydrogen) atoms. The van der Waals surface area contributed by atoms with Crippen LogP contribution in [-0.2, 0) is 0 Å². The number of rotatable bonds is 4. The van der Waals surface area contributed by atoms with E-state index >= 15 is 0 Å². The summed E-state index contributed by atoms with van der Waals surface area (Å²) in [5.41, 5.74) is 6.66. The quantitative estimate of drug-likeness (QED) is 0.927. The lowest BCUT2D eigenvalue weighted by Crippen LogP contribution is -2.09. The molecule has 0 unspecified atom stereocenters. The summed E-state index contributed by atoms with van der Waals surface area (Å²) in [7, 11) is 0. The molecule has 0 aliphatic heterocycles. The number of hydrogen-bond acceptors (Lipinski definition) is 4. The van der Waals surface area contributed by atoms with Crippen molar-refractivity contribution in [1.29, 1.82) is 0 Å². The Kier molecular flexibility index (Phi) is 4.22. The molecule has 0 spiro atoms. The Balaban J connectivity index is 2.26. The molecule has 0 bridgehead atoms. The highest BCUT2D eigenvalue weighted by atomic mass is 35.5. The van der Waals surface area contributed by atoms with E-state index in [1.165, 1.54) is 0 Å². The van der Waals surface area contributed by atoms with Gasteiger partial charge in [-0.25, -0.2) is 0 Å². The molecular weight excluding hydrogens is 273 g/mol. The Morgan fingerprint density at radius 2 is 2.11 bits per heavy atom. The summed E-state index contributed by atoms with van der Waals surface area (Å²) in [6, 6.07) is 4.96. The van der Waals surface area contributed by atoms with E-state index in [1.807, 2.05) is 0 Å². The summed E-state index contributed by atoms with van der Waals surface area (Å²) in [6.45, 7) is 2.05. The minimum absolute atomic E-state index is 0.223. The van der Waals surface area contributed by atoms with Crippen LogP contribution in [-0.4, -0.2) is 10.1 Å². The molecule has 2 aromatic rings.